The average molecular weight is 397 g/mol. The van der Waals surface area contributed by atoms with E-state index in [0.29, 0.717) is 0 Å². The van der Waals surface area contributed by atoms with Crippen molar-refractivity contribution in [1.29, 1.82) is 0 Å². The van der Waals surface area contributed by atoms with Crippen molar-refractivity contribution in [2.45, 2.75) is 0 Å². The van der Waals surface area contributed by atoms with Crippen LogP contribution in [0.2, 0.25) is 0 Å². The normalized spacial score (nSPS) is 10.1. The van der Waals surface area contributed by atoms with E-state index in [1.54, 1.807) is 37.2 Å². The van der Waals surface area contributed by atoms with Crippen LogP contribution in [0.1, 0.15) is 0 Å². The Labute approximate surface area is 171 Å². The maximum absolute atomic E-state index is 4.43. The van der Waals surface area contributed by atoms with Crippen LogP contribution in [0.25, 0.3) is 33.5 Å². The van der Waals surface area contributed by atoms with Crippen molar-refractivity contribution < 1.29 is 32.7 Å². The summed E-state index contributed by atoms with van der Waals surface area (Å²) in [6, 6.07) is 14.9. The van der Waals surface area contributed by atoms with E-state index in [2.05, 4.69) is 32.2 Å². The molecule has 0 unspecified atom stereocenters. The molecule has 25 heavy (non-hydrogen) atoms. The third-order valence-corrected chi connectivity index (χ3v) is 3.70. The third-order valence-electron chi connectivity index (χ3n) is 3.70. The average Bonchev–Trinajstić information content (AvgIpc) is 2.69. The summed E-state index contributed by atoms with van der Waals surface area (Å²) in [7, 11) is 0. The first-order chi connectivity index (χ1) is 11.9. The Hall–Kier alpha value is -2.30. The van der Waals surface area contributed by atoms with Crippen molar-refractivity contribution in [3.05, 3.63) is 85.8 Å². The zero-order chi connectivity index (χ0) is 16.2. The van der Waals surface area contributed by atoms with Crippen LogP contribution in [0.15, 0.2) is 73.6 Å². The van der Waals surface area contributed by atoms with E-state index in [0.717, 1.165) is 33.5 Å². The van der Waals surface area contributed by atoms with Gasteiger partial charge in [-0.1, -0.05) is 17.8 Å². The van der Waals surface area contributed by atoms with Crippen LogP contribution in [0.3, 0.4) is 0 Å². The summed E-state index contributed by atoms with van der Waals surface area (Å²) in [6.45, 7) is 0. The monoisotopic (exact) mass is 397 g/mol. The summed E-state index contributed by atoms with van der Waals surface area (Å²) in [5, 5.41) is 0. The van der Waals surface area contributed by atoms with Crippen molar-refractivity contribution >= 4 is 0 Å². The Balaban J connectivity index is 0.00000182. The third kappa shape index (κ3) is 3.70. The summed E-state index contributed by atoms with van der Waals surface area (Å²) in [4.78, 5) is 16.9. The molecule has 4 rings (SSSR count). The number of pyridine rings is 4. The maximum Gasteiger partial charge on any atom is 0.0265 e. The Morgan fingerprint density at radius 3 is 2.44 bits per heavy atom. The first kappa shape index (κ1) is 17.5. The van der Waals surface area contributed by atoms with Crippen molar-refractivity contribution in [1.82, 2.24) is 19.9 Å². The van der Waals surface area contributed by atoms with Gasteiger partial charge in [0.2, 0.25) is 0 Å². The molecule has 0 aromatic carbocycles. The molecule has 0 spiro atoms. The van der Waals surface area contributed by atoms with Gasteiger partial charge in [-0.25, -0.2) is 11.6 Å². The zero-order valence-corrected chi connectivity index (χ0v) is 16.1. The van der Waals surface area contributed by atoms with Crippen LogP contribution in [0, 0.1) is 12.3 Å². The second kappa shape index (κ2) is 8.19. The van der Waals surface area contributed by atoms with E-state index >= 15 is 0 Å². The fraction of sp³-hybridized carbons (Fsp3) is 0. The summed E-state index contributed by atoms with van der Waals surface area (Å²) in [5.41, 5.74) is 5.56. The molecule has 0 N–H and O–H groups in total. The van der Waals surface area contributed by atoms with Crippen molar-refractivity contribution in [2.24, 2.45) is 0 Å². The molecule has 0 amide bonds. The van der Waals surface area contributed by atoms with E-state index in [-0.39, 0.29) is 32.7 Å². The molecule has 0 aliphatic carbocycles. The molecule has 4 aromatic rings. The molecule has 5 heteroatoms. The van der Waals surface area contributed by atoms with Crippen LogP contribution < -0.4 is 0 Å². The molecule has 4 nitrogen and oxygen atoms in total. The fourth-order valence-electron chi connectivity index (χ4n) is 2.60. The van der Waals surface area contributed by atoms with E-state index in [9.17, 15) is 0 Å². The molecule has 0 saturated heterocycles. The molecule has 0 bridgehead atoms. The number of hydrogen-bond donors (Lipinski definition) is 0. The number of nitrogens with zero attached hydrogens (tertiary/aromatic N) is 4. The van der Waals surface area contributed by atoms with Gasteiger partial charge in [0.05, 0.1) is 0 Å². The topological polar surface area (TPSA) is 51.6 Å². The molecule has 117 valence electrons. The first-order valence-corrected chi connectivity index (χ1v) is 7.48. The molecule has 1 radical (unpaired) electrons. The Morgan fingerprint density at radius 2 is 1.64 bits per heavy atom. The van der Waals surface area contributed by atoms with Gasteiger partial charge in [0.25, 0.3) is 0 Å². The van der Waals surface area contributed by atoms with Gasteiger partial charge in [-0.3, -0.25) is 20.5 Å². The molecule has 0 saturated carbocycles. The molecular formula is C20H12N4Y-2. The van der Waals surface area contributed by atoms with Crippen LogP contribution in [0.5, 0.6) is 0 Å². The predicted octanol–water partition coefficient (Wildman–Crippen LogP) is 3.87. The minimum Gasteiger partial charge on any atom is -0.374 e. The van der Waals surface area contributed by atoms with E-state index < -0.39 is 0 Å². The summed E-state index contributed by atoms with van der Waals surface area (Å²) in [5.74, 6) is 0. The molecule has 0 fully saturated rings. The van der Waals surface area contributed by atoms with Crippen LogP contribution >= 0.6 is 0 Å². The van der Waals surface area contributed by atoms with Gasteiger partial charge < -0.3 is 4.98 Å². The second-order valence-electron chi connectivity index (χ2n) is 5.14. The van der Waals surface area contributed by atoms with E-state index in [4.69, 9.17) is 0 Å². The van der Waals surface area contributed by atoms with Crippen molar-refractivity contribution in [3.8, 4) is 33.5 Å². The summed E-state index contributed by atoms with van der Waals surface area (Å²) < 4.78 is 0. The SMILES string of the molecule is [Y].[c-]1nccc(-c2ccncc2)c1-c1[c-]cncc1-c1ccccn1. The van der Waals surface area contributed by atoms with Gasteiger partial charge in [0.1, 0.15) is 0 Å². The minimum atomic E-state index is 0. The molecule has 0 atom stereocenters. The van der Waals surface area contributed by atoms with Gasteiger partial charge in [-0.05, 0) is 36.7 Å². The Morgan fingerprint density at radius 1 is 0.760 bits per heavy atom. The van der Waals surface area contributed by atoms with Crippen molar-refractivity contribution in [3.63, 3.8) is 0 Å². The number of hydrogen-bond acceptors (Lipinski definition) is 4. The Bertz CT molecular complexity index is 878. The molecule has 0 aliphatic rings. The minimum absolute atomic E-state index is 0. The summed E-state index contributed by atoms with van der Waals surface area (Å²) >= 11 is 0. The van der Waals surface area contributed by atoms with Gasteiger partial charge in [-0.2, -0.15) is 5.56 Å². The smallest absolute Gasteiger partial charge is 0.0265 e. The fourth-order valence-corrected chi connectivity index (χ4v) is 2.60. The quantitative estimate of drug-likeness (QED) is 0.493. The van der Waals surface area contributed by atoms with E-state index in [1.165, 1.54) is 0 Å². The van der Waals surface area contributed by atoms with Gasteiger partial charge in [0.15, 0.2) is 0 Å². The molecular weight excluding hydrogens is 385 g/mol. The largest absolute Gasteiger partial charge is 0.374 e. The van der Waals surface area contributed by atoms with Crippen molar-refractivity contribution in [2.75, 3.05) is 0 Å². The Kier molecular flexibility index (Phi) is 5.74. The maximum atomic E-state index is 4.43. The standard InChI is InChI=1S/C20H12N4.Y/c1-2-8-24-20(3-1)19-14-23-12-7-17(19)18-13-22-11-6-16(18)15-4-9-21-10-5-15;/h1-6,8-12,14H;/q-2;. The predicted molar refractivity (Wildman–Crippen MR) is 91.6 cm³/mol. The molecule has 0 aliphatic heterocycles. The summed E-state index contributed by atoms with van der Waals surface area (Å²) in [6.07, 6.45) is 13.6. The molecule has 4 aromatic heterocycles. The second-order valence-corrected chi connectivity index (χ2v) is 5.14. The van der Waals surface area contributed by atoms with Gasteiger partial charge in [-0.15, -0.1) is 17.8 Å². The van der Waals surface area contributed by atoms with Crippen LogP contribution in [-0.2, 0) is 32.7 Å². The number of aromatic nitrogens is 4. The van der Waals surface area contributed by atoms with E-state index in [1.807, 2.05) is 36.4 Å². The van der Waals surface area contributed by atoms with Gasteiger partial charge >= 0.3 is 0 Å². The van der Waals surface area contributed by atoms with Gasteiger partial charge in [0, 0.05) is 57.0 Å². The zero-order valence-electron chi connectivity index (χ0n) is 13.3. The molecule has 4 heterocycles. The first-order valence-electron chi connectivity index (χ1n) is 7.48. The van der Waals surface area contributed by atoms with Crippen LogP contribution in [-0.4, -0.2) is 19.9 Å². The number of rotatable bonds is 3. The van der Waals surface area contributed by atoms with Crippen LogP contribution in [0.4, 0.5) is 0 Å².